The van der Waals surface area contributed by atoms with E-state index in [1.165, 1.54) is 4.57 Å². The SMILES string of the molecule is CN1C(=O)C(=Cc2nc3ccccc3c(=O)n2CCCO)c2cc(Br)ccc21. The fourth-order valence-electron chi connectivity index (χ4n) is 3.43. The van der Waals surface area contributed by atoms with Crippen LogP contribution >= 0.6 is 15.9 Å². The van der Waals surface area contributed by atoms with Crippen LogP contribution in [0.1, 0.15) is 17.8 Å². The Hall–Kier alpha value is -2.77. The highest BCUT2D eigenvalue weighted by molar-refractivity contribution is 9.10. The number of benzene rings is 2. The number of anilines is 1. The Labute approximate surface area is 169 Å². The average Bonchev–Trinajstić information content (AvgIpc) is 2.92. The first-order valence-electron chi connectivity index (χ1n) is 8.91. The van der Waals surface area contributed by atoms with Crippen molar-refractivity contribution in [2.75, 3.05) is 18.6 Å². The number of aliphatic hydroxyl groups is 1. The second kappa shape index (κ2) is 7.33. The van der Waals surface area contributed by atoms with Crippen molar-refractivity contribution in [2.24, 2.45) is 0 Å². The van der Waals surface area contributed by atoms with Crippen molar-refractivity contribution in [3.05, 3.63) is 68.7 Å². The van der Waals surface area contributed by atoms with Crippen LogP contribution in [0.15, 0.2) is 51.7 Å². The summed E-state index contributed by atoms with van der Waals surface area (Å²) in [5.41, 5.74) is 2.48. The third-order valence-electron chi connectivity index (χ3n) is 4.85. The van der Waals surface area contributed by atoms with Gasteiger partial charge in [-0.2, -0.15) is 0 Å². The summed E-state index contributed by atoms with van der Waals surface area (Å²) in [4.78, 5) is 32.0. The van der Waals surface area contributed by atoms with Crippen LogP contribution in [0.2, 0.25) is 0 Å². The Bertz CT molecular complexity index is 1180. The van der Waals surface area contributed by atoms with E-state index in [1.54, 1.807) is 36.2 Å². The highest BCUT2D eigenvalue weighted by atomic mass is 79.9. The summed E-state index contributed by atoms with van der Waals surface area (Å²) in [6.07, 6.45) is 2.09. The van der Waals surface area contributed by atoms with E-state index in [4.69, 9.17) is 0 Å². The number of nitrogens with zero attached hydrogens (tertiary/aromatic N) is 3. The minimum atomic E-state index is -0.181. The monoisotopic (exact) mass is 439 g/mol. The lowest BCUT2D eigenvalue weighted by atomic mass is 10.1. The predicted molar refractivity (Wildman–Crippen MR) is 113 cm³/mol. The first-order valence-corrected chi connectivity index (χ1v) is 9.70. The molecule has 0 saturated heterocycles. The van der Waals surface area contributed by atoms with Gasteiger partial charge in [-0.05, 0) is 42.8 Å². The summed E-state index contributed by atoms with van der Waals surface area (Å²) in [5.74, 6) is 0.256. The van der Waals surface area contributed by atoms with Crippen LogP contribution in [0.25, 0.3) is 22.6 Å². The molecule has 28 heavy (non-hydrogen) atoms. The second-order valence-electron chi connectivity index (χ2n) is 6.60. The van der Waals surface area contributed by atoms with Crippen LogP contribution in [0.5, 0.6) is 0 Å². The van der Waals surface area contributed by atoms with Gasteiger partial charge in [0.15, 0.2) is 0 Å². The van der Waals surface area contributed by atoms with Crippen molar-refractivity contribution in [3.8, 4) is 0 Å². The van der Waals surface area contributed by atoms with Gasteiger partial charge in [0.2, 0.25) is 0 Å². The number of halogens is 1. The molecule has 2 heterocycles. The number of hydrogen-bond acceptors (Lipinski definition) is 4. The molecule has 4 rings (SSSR count). The molecule has 7 heteroatoms. The van der Waals surface area contributed by atoms with Gasteiger partial charge in [-0.25, -0.2) is 4.98 Å². The molecule has 6 nitrogen and oxygen atoms in total. The highest BCUT2D eigenvalue weighted by Crippen LogP contribution is 2.38. The van der Waals surface area contributed by atoms with Crippen molar-refractivity contribution in [2.45, 2.75) is 13.0 Å². The summed E-state index contributed by atoms with van der Waals surface area (Å²) in [5, 5.41) is 9.74. The van der Waals surface area contributed by atoms with E-state index in [0.717, 1.165) is 15.7 Å². The Morgan fingerprint density at radius 3 is 2.75 bits per heavy atom. The summed E-state index contributed by atoms with van der Waals surface area (Å²) < 4.78 is 2.39. The summed E-state index contributed by atoms with van der Waals surface area (Å²) >= 11 is 3.45. The normalized spacial score (nSPS) is 14.9. The molecule has 1 amide bonds. The number of para-hydroxylation sites is 1. The molecule has 1 N–H and O–H groups in total. The molecule has 0 saturated carbocycles. The molecule has 0 spiro atoms. The van der Waals surface area contributed by atoms with Crippen molar-refractivity contribution >= 4 is 50.1 Å². The summed E-state index contributed by atoms with van der Waals surface area (Å²) in [6.45, 7) is 0.286. The standard InChI is InChI=1S/C21H18BrN3O3/c1-24-18-8-7-13(22)11-15(18)16(20(24)27)12-19-23-17-6-3-2-5-14(17)21(28)25(19)9-4-10-26/h2-3,5-8,11-12,26H,4,9-10H2,1H3. The van der Waals surface area contributed by atoms with Crippen LogP contribution in [-0.2, 0) is 11.3 Å². The number of hydrogen-bond donors (Lipinski definition) is 1. The van der Waals surface area contributed by atoms with Gasteiger partial charge in [-0.15, -0.1) is 0 Å². The zero-order chi connectivity index (χ0) is 19.8. The van der Waals surface area contributed by atoms with E-state index in [1.807, 2.05) is 24.3 Å². The Balaban J connectivity index is 1.96. The van der Waals surface area contributed by atoms with Crippen LogP contribution < -0.4 is 10.5 Å². The maximum atomic E-state index is 13.0. The Morgan fingerprint density at radius 2 is 1.96 bits per heavy atom. The van der Waals surface area contributed by atoms with Crippen molar-refractivity contribution < 1.29 is 9.90 Å². The molecule has 1 aliphatic rings. The number of carbonyl (C=O) groups is 1. The quantitative estimate of drug-likeness (QED) is 0.633. The van der Waals surface area contributed by atoms with Crippen molar-refractivity contribution in [3.63, 3.8) is 0 Å². The third kappa shape index (κ3) is 3.06. The molecular formula is C21H18BrN3O3. The number of amides is 1. The van der Waals surface area contributed by atoms with E-state index < -0.39 is 0 Å². The fraction of sp³-hybridized carbons (Fsp3) is 0.190. The van der Waals surface area contributed by atoms with Crippen LogP contribution in [0, 0.1) is 0 Å². The molecule has 0 bridgehead atoms. The van der Waals surface area contributed by atoms with Gasteiger partial charge >= 0.3 is 0 Å². The number of fused-ring (bicyclic) bond motifs is 2. The van der Waals surface area contributed by atoms with E-state index in [2.05, 4.69) is 20.9 Å². The van der Waals surface area contributed by atoms with Gasteiger partial charge in [-0.1, -0.05) is 28.1 Å². The predicted octanol–water partition coefficient (Wildman–Crippen LogP) is 3.06. The molecule has 0 unspecified atom stereocenters. The van der Waals surface area contributed by atoms with Gasteiger partial charge < -0.3 is 10.0 Å². The number of likely N-dealkylation sites (N-methyl/N-ethyl adjacent to an activating group) is 1. The van der Waals surface area contributed by atoms with Crippen LogP contribution in [0.3, 0.4) is 0 Å². The molecule has 0 aliphatic carbocycles. The van der Waals surface area contributed by atoms with Gasteiger partial charge in [-0.3, -0.25) is 14.2 Å². The first kappa shape index (κ1) is 18.6. The van der Waals surface area contributed by atoms with Crippen molar-refractivity contribution in [1.82, 2.24) is 9.55 Å². The fourth-order valence-corrected chi connectivity index (χ4v) is 3.79. The maximum Gasteiger partial charge on any atom is 0.261 e. The second-order valence-corrected chi connectivity index (χ2v) is 7.52. The number of rotatable bonds is 4. The van der Waals surface area contributed by atoms with Gasteiger partial charge in [0, 0.05) is 30.2 Å². The molecule has 142 valence electrons. The van der Waals surface area contributed by atoms with E-state index in [-0.39, 0.29) is 18.1 Å². The minimum absolute atomic E-state index is 0.0350. The Morgan fingerprint density at radius 1 is 1.18 bits per heavy atom. The average molecular weight is 440 g/mol. The first-order chi connectivity index (χ1) is 13.5. The number of aliphatic hydroxyl groups excluding tert-OH is 1. The summed E-state index contributed by atoms with van der Waals surface area (Å²) in [6, 6.07) is 12.8. The smallest absolute Gasteiger partial charge is 0.261 e. The molecule has 0 radical (unpaired) electrons. The van der Waals surface area contributed by atoms with Gasteiger partial charge in [0.25, 0.3) is 11.5 Å². The largest absolute Gasteiger partial charge is 0.396 e. The Kier molecular flexibility index (Phi) is 4.87. The zero-order valence-corrected chi connectivity index (χ0v) is 16.8. The molecule has 0 fully saturated rings. The lowest BCUT2D eigenvalue weighted by Crippen LogP contribution is -2.25. The molecule has 3 aromatic rings. The zero-order valence-electron chi connectivity index (χ0n) is 15.2. The van der Waals surface area contributed by atoms with Gasteiger partial charge in [0.1, 0.15) is 5.82 Å². The number of aromatic nitrogens is 2. The third-order valence-corrected chi connectivity index (χ3v) is 5.34. The molecule has 0 atom stereocenters. The lowest BCUT2D eigenvalue weighted by molar-refractivity contribution is -0.112. The van der Waals surface area contributed by atoms with E-state index >= 15 is 0 Å². The van der Waals surface area contributed by atoms with Crippen molar-refractivity contribution in [1.29, 1.82) is 0 Å². The topological polar surface area (TPSA) is 75.4 Å². The molecule has 2 aromatic carbocycles. The minimum Gasteiger partial charge on any atom is -0.396 e. The molecule has 1 aromatic heterocycles. The molecule has 1 aliphatic heterocycles. The van der Waals surface area contributed by atoms with Crippen LogP contribution in [0.4, 0.5) is 5.69 Å². The lowest BCUT2D eigenvalue weighted by Gasteiger charge is -2.11. The number of carbonyl (C=O) groups excluding carboxylic acids is 1. The van der Waals surface area contributed by atoms with E-state index in [9.17, 15) is 14.7 Å². The summed E-state index contributed by atoms with van der Waals surface area (Å²) in [7, 11) is 1.72. The van der Waals surface area contributed by atoms with Crippen LogP contribution in [-0.4, -0.2) is 34.2 Å². The van der Waals surface area contributed by atoms with E-state index in [0.29, 0.717) is 35.3 Å². The van der Waals surface area contributed by atoms with Gasteiger partial charge in [0.05, 0.1) is 22.2 Å². The molecular weight excluding hydrogens is 422 g/mol. The highest BCUT2D eigenvalue weighted by Gasteiger charge is 2.30. The maximum absolute atomic E-state index is 13.0.